The third-order valence-corrected chi connectivity index (χ3v) is 2.81. The number of aryl methyl sites for hydroxylation is 1. The smallest absolute Gasteiger partial charge is 0.155 e. The number of nitrogens with zero attached hydrogens (tertiary/aromatic N) is 3. The Hall–Kier alpha value is -1.71. The maximum Gasteiger partial charge on any atom is 0.155 e. The number of hydrogen-bond acceptors (Lipinski definition) is 3. The molecular weight excluding hydrogens is 202 g/mol. The molecule has 0 amide bonds. The lowest BCUT2D eigenvalue weighted by atomic mass is 9.96. The lowest BCUT2D eigenvalue weighted by Gasteiger charge is -2.13. The molecule has 1 atom stereocenters. The minimum atomic E-state index is -0.0934. The quantitative estimate of drug-likeness (QED) is 0.791. The van der Waals surface area contributed by atoms with Crippen LogP contribution in [0.5, 0.6) is 0 Å². The van der Waals surface area contributed by atoms with Crippen molar-refractivity contribution in [3.8, 4) is 0 Å². The first-order chi connectivity index (χ1) is 7.63. The predicted octanol–water partition coefficient (Wildman–Crippen LogP) is 2.12. The standard InChI is InChI=1S/C12H15N3O/c1-4-10(9(3)16)11-5-8(2)6-12-13-7-14-15(11)12/h5-7,10H,4H2,1-3H3. The fourth-order valence-corrected chi connectivity index (χ4v) is 2.04. The molecule has 2 rings (SSSR count). The Bertz CT molecular complexity index is 530. The third kappa shape index (κ3) is 1.71. The van der Waals surface area contributed by atoms with Crippen molar-refractivity contribution in [2.45, 2.75) is 33.1 Å². The maximum atomic E-state index is 11.6. The summed E-state index contributed by atoms with van der Waals surface area (Å²) in [5, 5.41) is 4.16. The lowest BCUT2D eigenvalue weighted by molar-refractivity contribution is -0.118. The second kappa shape index (κ2) is 4.04. The van der Waals surface area contributed by atoms with E-state index in [1.165, 1.54) is 6.33 Å². The van der Waals surface area contributed by atoms with E-state index in [9.17, 15) is 4.79 Å². The summed E-state index contributed by atoms with van der Waals surface area (Å²) < 4.78 is 1.75. The minimum absolute atomic E-state index is 0.0934. The molecule has 0 saturated heterocycles. The van der Waals surface area contributed by atoms with Crippen LogP contribution in [0.4, 0.5) is 0 Å². The molecule has 2 heterocycles. The van der Waals surface area contributed by atoms with Crippen LogP contribution in [0.3, 0.4) is 0 Å². The molecule has 0 bridgehead atoms. The lowest BCUT2D eigenvalue weighted by Crippen LogP contribution is -2.13. The molecule has 0 fully saturated rings. The number of fused-ring (bicyclic) bond motifs is 1. The van der Waals surface area contributed by atoms with Crippen molar-refractivity contribution in [3.63, 3.8) is 0 Å². The number of Topliss-reactive ketones (excluding diaryl/α,β-unsaturated/α-hetero) is 1. The highest BCUT2D eigenvalue weighted by atomic mass is 16.1. The van der Waals surface area contributed by atoms with Crippen LogP contribution in [0.25, 0.3) is 5.65 Å². The van der Waals surface area contributed by atoms with Crippen LogP contribution in [-0.4, -0.2) is 20.4 Å². The second-order valence-electron chi connectivity index (χ2n) is 4.06. The van der Waals surface area contributed by atoms with Crippen molar-refractivity contribution >= 4 is 11.4 Å². The molecule has 0 radical (unpaired) electrons. The summed E-state index contributed by atoms with van der Waals surface area (Å²) in [5.74, 6) is 0.0778. The summed E-state index contributed by atoms with van der Waals surface area (Å²) in [6, 6.07) is 3.97. The van der Waals surface area contributed by atoms with Gasteiger partial charge in [0.2, 0.25) is 0 Å². The van der Waals surface area contributed by atoms with Gasteiger partial charge in [0, 0.05) is 0 Å². The fraction of sp³-hybridized carbons (Fsp3) is 0.417. The monoisotopic (exact) mass is 217 g/mol. The summed E-state index contributed by atoms with van der Waals surface area (Å²) in [6.45, 7) is 5.64. The summed E-state index contributed by atoms with van der Waals surface area (Å²) in [4.78, 5) is 15.7. The van der Waals surface area contributed by atoms with E-state index in [0.29, 0.717) is 0 Å². The van der Waals surface area contributed by atoms with Gasteiger partial charge in [0.25, 0.3) is 0 Å². The molecule has 0 aliphatic carbocycles. The number of carbonyl (C=O) groups is 1. The maximum absolute atomic E-state index is 11.6. The van der Waals surface area contributed by atoms with Gasteiger partial charge < -0.3 is 0 Å². The zero-order valence-electron chi connectivity index (χ0n) is 9.77. The van der Waals surface area contributed by atoms with Crippen molar-refractivity contribution in [2.24, 2.45) is 0 Å². The largest absolute Gasteiger partial charge is 0.299 e. The average Bonchev–Trinajstić information content (AvgIpc) is 2.65. The molecule has 0 aromatic carbocycles. The normalized spacial score (nSPS) is 12.9. The molecule has 0 saturated carbocycles. The molecule has 0 spiro atoms. The first-order valence-corrected chi connectivity index (χ1v) is 5.44. The van der Waals surface area contributed by atoms with Crippen molar-refractivity contribution in [3.05, 3.63) is 29.7 Å². The average molecular weight is 217 g/mol. The van der Waals surface area contributed by atoms with Crippen molar-refractivity contribution in [2.75, 3.05) is 0 Å². The molecule has 0 N–H and O–H groups in total. The number of pyridine rings is 1. The Kier molecular flexibility index (Phi) is 2.73. The van der Waals surface area contributed by atoms with Gasteiger partial charge in [-0.1, -0.05) is 6.92 Å². The van der Waals surface area contributed by atoms with Crippen LogP contribution in [0.2, 0.25) is 0 Å². The Morgan fingerprint density at radius 3 is 2.88 bits per heavy atom. The molecule has 84 valence electrons. The van der Waals surface area contributed by atoms with E-state index in [2.05, 4.69) is 10.1 Å². The van der Waals surface area contributed by atoms with Gasteiger partial charge in [-0.2, -0.15) is 5.10 Å². The van der Waals surface area contributed by atoms with E-state index in [1.807, 2.05) is 26.0 Å². The zero-order valence-corrected chi connectivity index (χ0v) is 9.77. The number of ketones is 1. The van der Waals surface area contributed by atoms with Gasteiger partial charge in [-0.25, -0.2) is 9.50 Å². The minimum Gasteiger partial charge on any atom is -0.299 e. The van der Waals surface area contributed by atoms with E-state index in [4.69, 9.17) is 0 Å². The Morgan fingerprint density at radius 1 is 1.50 bits per heavy atom. The van der Waals surface area contributed by atoms with Crippen molar-refractivity contribution in [1.29, 1.82) is 0 Å². The summed E-state index contributed by atoms with van der Waals surface area (Å²) in [7, 11) is 0. The van der Waals surface area contributed by atoms with Gasteiger partial charge in [0.1, 0.15) is 12.1 Å². The van der Waals surface area contributed by atoms with Crippen LogP contribution in [0.1, 0.15) is 37.4 Å². The molecular formula is C12H15N3O. The fourth-order valence-electron chi connectivity index (χ4n) is 2.04. The zero-order chi connectivity index (χ0) is 11.7. The van der Waals surface area contributed by atoms with Gasteiger partial charge in [-0.15, -0.1) is 0 Å². The molecule has 4 nitrogen and oxygen atoms in total. The summed E-state index contributed by atoms with van der Waals surface area (Å²) >= 11 is 0. The van der Waals surface area contributed by atoms with E-state index >= 15 is 0 Å². The Morgan fingerprint density at radius 2 is 2.25 bits per heavy atom. The first kappa shape index (κ1) is 10.8. The number of aromatic nitrogens is 3. The number of hydrogen-bond donors (Lipinski definition) is 0. The van der Waals surface area contributed by atoms with Crippen LogP contribution in [-0.2, 0) is 4.79 Å². The summed E-state index contributed by atoms with van der Waals surface area (Å²) in [5.41, 5.74) is 2.84. The first-order valence-electron chi connectivity index (χ1n) is 5.44. The molecule has 0 aliphatic heterocycles. The highest BCUT2D eigenvalue weighted by molar-refractivity contribution is 5.83. The van der Waals surface area contributed by atoms with Crippen molar-refractivity contribution in [1.82, 2.24) is 14.6 Å². The number of carbonyl (C=O) groups excluding carboxylic acids is 1. The molecule has 0 aliphatic rings. The van der Waals surface area contributed by atoms with E-state index in [0.717, 1.165) is 23.3 Å². The second-order valence-corrected chi connectivity index (χ2v) is 4.06. The van der Waals surface area contributed by atoms with Gasteiger partial charge in [0.15, 0.2) is 5.65 Å². The highest BCUT2D eigenvalue weighted by Crippen LogP contribution is 2.22. The van der Waals surface area contributed by atoms with Crippen LogP contribution < -0.4 is 0 Å². The van der Waals surface area contributed by atoms with Crippen LogP contribution in [0, 0.1) is 6.92 Å². The molecule has 4 heteroatoms. The van der Waals surface area contributed by atoms with Gasteiger partial charge in [0.05, 0.1) is 11.6 Å². The van der Waals surface area contributed by atoms with E-state index in [1.54, 1.807) is 11.4 Å². The molecule has 16 heavy (non-hydrogen) atoms. The highest BCUT2D eigenvalue weighted by Gasteiger charge is 2.18. The van der Waals surface area contributed by atoms with Crippen molar-refractivity contribution < 1.29 is 4.79 Å². The topological polar surface area (TPSA) is 47.3 Å². The molecule has 2 aromatic rings. The SMILES string of the molecule is CCC(C(C)=O)c1cc(C)cc2ncnn12. The molecule has 1 unspecified atom stereocenters. The predicted molar refractivity (Wildman–Crippen MR) is 61.4 cm³/mol. The Balaban J connectivity index is 2.65. The van der Waals surface area contributed by atoms with E-state index < -0.39 is 0 Å². The Labute approximate surface area is 94.3 Å². The van der Waals surface area contributed by atoms with Crippen LogP contribution >= 0.6 is 0 Å². The van der Waals surface area contributed by atoms with Gasteiger partial charge in [-0.3, -0.25) is 4.79 Å². The van der Waals surface area contributed by atoms with Crippen LogP contribution in [0.15, 0.2) is 18.5 Å². The van der Waals surface area contributed by atoms with Gasteiger partial charge >= 0.3 is 0 Å². The molecule has 2 aromatic heterocycles. The summed E-state index contributed by atoms with van der Waals surface area (Å²) in [6.07, 6.45) is 2.30. The number of rotatable bonds is 3. The third-order valence-electron chi connectivity index (χ3n) is 2.81. The van der Waals surface area contributed by atoms with E-state index in [-0.39, 0.29) is 11.7 Å². The van der Waals surface area contributed by atoms with Gasteiger partial charge in [-0.05, 0) is 38.0 Å².